The van der Waals surface area contributed by atoms with Crippen LogP contribution in [0, 0.1) is 13.8 Å². The molecule has 2 rings (SSSR count). The van der Waals surface area contributed by atoms with E-state index in [0.717, 1.165) is 23.4 Å². The van der Waals surface area contributed by atoms with Gasteiger partial charge in [0.15, 0.2) is 6.61 Å². The van der Waals surface area contributed by atoms with Crippen LogP contribution < -0.4 is 20.5 Å². The average molecular weight is 383 g/mol. The van der Waals surface area contributed by atoms with E-state index in [1.165, 1.54) is 0 Å². The number of rotatable bonds is 7. The first-order valence-electron chi connectivity index (χ1n) is 9.47. The molecule has 6 nitrogen and oxygen atoms in total. The Balaban J connectivity index is 1.86. The van der Waals surface area contributed by atoms with Gasteiger partial charge in [-0.05, 0) is 76.1 Å². The summed E-state index contributed by atoms with van der Waals surface area (Å²) in [5, 5.41) is 0. The first-order valence-corrected chi connectivity index (χ1v) is 9.47. The highest BCUT2D eigenvalue weighted by molar-refractivity contribution is 5.95. The van der Waals surface area contributed by atoms with E-state index >= 15 is 0 Å². The van der Waals surface area contributed by atoms with Gasteiger partial charge >= 0.3 is 0 Å². The molecule has 2 aromatic rings. The van der Waals surface area contributed by atoms with Crippen molar-refractivity contribution in [2.45, 2.75) is 40.7 Å². The van der Waals surface area contributed by atoms with Crippen LogP contribution in [0.2, 0.25) is 0 Å². The summed E-state index contributed by atoms with van der Waals surface area (Å²) in [6.45, 7) is 10.9. The second kappa shape index (κ2) is 9.78. The summed E-state index contributed by atoms with van der Waals surface area (Å²) < 4.78 is 5.53. The Morgan fingerprint density at radius 2 is 1.71 bits per heavy atom. The predicted octanol–water partition coefficient (Wildman–Crippen LogP) is 3.38. The molecule has 0 heterocycles. The summed E-state index contributed by atoms with van der Waals surface area (Å²) in [5.41, 5.74) is 8.32. The van der Waals surface area contributed by atoms with Crippen molar-refractivity contribution < 1.29 is 14.3 Å². The van der Waals surface area contributed by atoms with E-state index in [9.17, 15) is 9.59 Å². The fraction of sp³-hybridized carbons (Fsp3) is 0.364. The van der Waals surface area contributed by atoms with E-state index in [0.29, 0.717) is 17.4 Å². The van der Waals surface area contributed by atoms with Crippen LogP contribution in [0.3, 0.4) is 0 Å². The summed E-state index contributed by atoms with van der Waals surface area (Å²) >= 11 is 0. The first kappa shape index (κ1) is 21.3. The minimum atomic E-state index is -0.428. The fourth-order valence-electron chi connectivity index (χ4n) is 2.89. The largest absolute Gasteiger partial charge is 0.483 e. The number of nitrogens with zero attached hydrogens (tertiary/aromatic N) is 1. The Morgan fingerprint density at radius 1 is 1.04 bits per heavy atom. The number of hydrazine groups is 1. The zero-order valence-electron chi connectivity index (χ0n) is 17.2. The van der Waals surface area contributed by atoms with Crippen LogP contribution in [0.4, 0.5) is 5.69 Å². The Kier molecular flexibility index (Phi) is 7.44. The maximum atomic E-state index is 12.2. The van der Waals surface area contributed by atoms with Gasteiger partial charge in [-0.3, -0.25) is 20.4 Å². The van der Waals surface area contributed by atoms with E-state index in [-0.39, 0.29) is 12.5 Å². The number of anilines is 1. The Labute approximate surface area is 166 Å². The molecule has 0 unspecified atom stereocenters. The standard InChI is InChI=1S/C22H29N3O3/c1-6-25(15(2)3)19-11-9-18(10-12-19)22(27)24-23-21(26)14-28-20-13-16(4)7-8-17(20)5/h7-13,15H,6,14H2,1-5H3,(H,23,26)(H,24,27). The van der Waals surface area contributed by atoms with Crippen LogP contribution in [0.25, 0.3) is 0 Å². The summed E-state index contributed by atoms with van der Waals surface area (Å²) in [7, 11) is 0. The minimum absolute atomic E-state index is 0.177. The van der Waals surface area contributed by atoms with Gasteiger partial charge in [0.05, 0.1) is 0 Å². The summed E-state index contributed by atoms with van der Waals surface area (Å²) in [5.74, 6) is -0.148. The predicted molar refractivity (Wildman–Crippen MR) is 112 cm³/mol. The van der Waals surface area contributed by atoms with Crippen LogP contribution >= 0.6 is 0 Å². The Bertz CT molecular complexity index is 816. The second-order valence-corrected chi connectivity index (χ2v) is 6.99. The van der Waals surface area contributed by atoms with Crippen molar-refractivity contribution in [1.82, 2.24) is 10.9 Å². The number of nitrogens with one attached hydrogen (secondary N) is 2. The third-order valence-corrected chi connectivity index (χ3v) is 4.44. The van der Waals surface area contributed by atoms with Gasteiger partial charge < -0.3 is 9.64 Å². The highest BCUT2D eigenvalue weighted by Gasteiger charge is 2.11. The van der Waals surface area contributed by atoms with E-state index in [1.807, 2.05) is 44.2 Å². The molecule has 0 aliphatic carbocycles. The zero-order valence-corrected chi connectivity index (χ0v) is 17.2. The van der Waals surface area contributed by atoms with E-state index in [1.54, 1.807) is 12.1 Å². The number of hydrogen-bond acceptors (Lipinski definition) is 4. The van der Waals surface area contributed by atoms with Crippen LogP contribution in [0.5, 0.6) is 5.75 Å². The normalized spacial score (nSPS) is 10.5. The molecule has 0 atom stereocenters. The van der Waals surface area contributed by atoms with Gasteiger partial charge in [-0.25, -0.2) is 0 Å². The zero-order chi connectivity index (χ0) is 20.7. The highest BCUT2D eigenvalue weighted by Crippen LogP contribution is 2.19. The van der Waals surface area contributed by atoms with E-state index in [2.05, 4.69) is 36.5 Å². The van der Waals surface area contributed by atoms with Gasteiger partial charge in [-0.15, -0.1) is 0 Å². The maximum Gasteiger partial charge on any atom is 0.276 e. The Hall–Kier alpha value is -3.02. The lowest BCUT2D eigenvalue weighted by Gasteiger charge is -2.27. The molecule has 0 aromatic heterocycles. The lowest BCUT2D eigenvalue weighted by atomic mass is 10.1. The summed E-state index contributed by atoms with van der Waals surface area (Å²) in [6.07, 6.45) is 0. The Morgan fingerprint density at radius 3 is 2.32 bits per heavy atom. The lowest BCUT2D eigenvalue weighted by Crippen LogP contribution is -2.43. The molecule has 0 radical (unpaired) electrons. The highest BCUT2D eigenvalue weighted by atomic mass is 16.5. The molecule has 6 heteroatoms. The molecule has 150 valence electrons. The van der Waals surface area contributed by atoms with Crippen LogP contribution in [-0.4, -0.2) is 31.0 Å². The second-order valence-electron chi connectivity index (χ2n) is 6.99. The molecule has 0 saturated carbocycles. The molecular weight excluding hydrogens is 354 g/mol. The fourth-order valence-corrected chi connectivity index (χ4v) is 2.89. The summed E-state index contributed by atoms with van der Waals surface area (Å²) in [4.78, 5) is 26.4. The van der Waals surface area contributed by atoms with Crippen molar-refractivity contribution in [3.8, 4) is 5.75 Å². The first-order chi connectivity index (χ1) is 13.3. The van der Waals surface area contributed by atoms with Gasteiger partial charge in [0.25, 0.3) is 11.8 Å². The number of hydrogen-bond donors (Lipinski definition) is 2. The molecule has 2 aromatic carbocycles. The molecule has 2 N–H and O–H groups in total. The van der Waals surface area contributed by atoms with Crippen molar-refractivity contribution in [3.63, 3.8) is 0 Å². The molecule has 0 saturated heterocycles. The smallest absolute Gasteiger partial charge is 0.276 e. The molecule has 2 amide bonds. The number of carbonyl (C=O) groups excluding carboxylic acids is 2. The van der Waals surface area contributed by atoms with Gasteiger partial charge in [0.2, 0.25) is 0 Å². The maximum absolute atomic E-state index is 12.2. The molecule has 0 bridgehead atoms. The van der Waals surface area contributed by atoms with Crippen LogP contribution in [0.1, 0.15) is 42.3 Å². The lowest BCUT2D eigenvalue weighted by molar-refractivity contribution is -0.123. The molecule has 0 fully saturated rings. The van der Waals surface area contributed by atoms with Gasteiger partial charge in [-0.2, -0.15) is 0 Å². The van der Waals surface area contributed by atoms with Gasteiger partial charge in [-0.1, -0.05) is 12.1 Å². The topological polar surface area (TPSA) is 70.7 Å². The van der Waals surface area contributed by atoms with Crippen LogP contribution in [-0.2, 0) is 4.79 Å². The van der Waals surface area contributed by atoms with Crippen molar-refractivity contribution in [1.29, 1.82) is 0 Å². The SMILES string of the molecule is CCN(c1ccc(C(=O)NNC(=O)COc2cc(C)ccc2C)cc1)C(C)C. The molecule has 0 aliphatic heterocycles. The summed E-state index contributed by atoms with van der Waals surface area (Å²) in [6, 6.07) is 13.5. The quantitative estimate of drug-likeness (QED) is 0.719. The van der Waals surface area contributed by atoms with E-state index in [4.69, 9.17) is 4.74 Å². The van der Waals surface area contributed by atoms with Crippen molar-refractivity contribution >= 4 is 17.5 Å². The van der Waals surface area contributed by atoms with Gasteiger partial charge in [0.1, 0.15) is 5.75 Å². The van der Waals surface area contributed by atoms with Crippen LogP contribution in [0.15, 0.2) is 42.5 Å². The monoisotopic (exact) mass is 383 g/mol. The molecule has 28 heavy (non-hydrogen) atoms. The van der Waals surface area contributed by atoms with E-state index < -0.39 is 5.91 Å². The molecule has 0 aliphatic rings. The number of benzene rings is 2. The average Bonchev–Trinajstić information content (AvgIpc) is 2.67. The minimum Gasteiger partial charge on any atom is -0.483 e. The van der Waals surface area contributed by atoms with Crippen molar-refractivity contribution in [2.75, 3.05) is 18.1 Å². The number of amides is 2. The number of aryl methyl sites for hydroxylation is 2. The van der Waals surface area contributed by atoms with Gasteiger partial charge in [0, 0.05) is 23.8 Å². The van der Waals surface area contributed by atoms with Crippen molar-refractivity contribution in [3.05, 3.63) is 59.2 Å². The molecule has 0 spiro atoms. The number of ether oxygens (including phenoxy) is 1. The third kappa shape index (κ3) is 5.74. The molecular formula is C22H29N3O3. The van der Waals surface area contributed by atoms with Crippen molar-refractivity contribution in [2.24, 2.45) is 0 Å². The third-order valence-electron chi connectivity index (χ3n) is 4.44. The number of carbonyl (C=O) groups is 2.